The molecule has 0 aliphatic heterocycles. The summed E-state index contributed by atoms with van der Waals surface area (Å²) in [5.74, 6) is 0.300. The second-order valence-electron chi connectivity index (χ2n) is 6.46. The van der Waals surface area contributed by atoms with Gasteiger partial charge >= 0.3 is 0 Å². The highest BCUT2D eigenvalue weighted by atomic mass is 32.2. The number of hydrogen-bond donors (Lipinski definition) is 2. The third kappa shape index (κ3) is 5.31. The van der Waals surface area contributed by atoms with E-state index in [4.69, 9.17) is 4.74 Å². The molecule has 6 nitrogen and oxygen atoms in total. The number of benzene rings is 1. The van der Waals surface area contributed by atoms with Crippen LogP contribution in [0.3, 0.4) is 0 Å². The highest BCUT2D eigenvalue weighted by Gasteiger charge is 2.23. The molecule has 2 rings (SSSR count). The van der Waals surface area contributed by atoms with E-state index < -0.39 is 15.6 Å². The predicted octanol–water partition coefficient (Wildman–Crippen LogP) is 1.42. The molecule has 22 heavy (non-hydrogen) atoms. The van der Waals surface area contributed by atoms with E-state index >= 15 is 0 Å². The summed E-state index contributed by atoms with van der Waals surface area (Å²) in [4.78, 5) is 11.7. The lowest BCUT2D eigenvalue weighted by atomic mass is 10.1. The lowest BCUT2D eigenvalue weighted by molar-refractivity contribution is -0.123. The van der Waals surface area contributed by atoms with Crippen molar-refractivity contribution in [3.63, 3.8) is 0 Å². The molecule has 0 heterocycles. The molecule has 0 atom stereocenters. The lowest BCUT2D eigenvalue weighted by Gasteiger charge is -2.20. The monoisotopic (exact) mass is 326 g/mol. The van der Waals surface area contributed by atoms with Crippen molar-refractivity contribution in [2.75, 3.05) is 6.61 Å². The predicted molar refractivity (Wildman–Crippen MR) is 83.2 cm³/mol. The van der Waals surface area contributed by atoms with Crippen molar-refractivity contribution < 1.29 is 17.9 Å². The SMILES string of the molecule is CC(C)(C)NS(=O)(=O)c1ccc(OCC(=O)NC2CC2)cc1. The zero-order chi connectivity index (χ0) is 16.4. The van der Waals surface area contributed by atoms with Crippen LogP contribution in [0.4, 0.5) is 0 Å². The first kappa shape index (κ1) is 16.8. The van der Waals surface area contributed by atoms with Gasteiger partial charge in [0.1, 0.15) is 5.75 Å². The Kier molecular flexibility index (Phi) is 4.77. The van der Waals surface area contributed by atoms with Gasteiger partial charge in [0.05, 0.1) is 4.90 Å². The number of sulfonamides is 1. The van der Waals surface area contributed by atoms with Gasteiger partial charge < -0.3 is 10.1 Å². The number of ether oxygens (including phenoxy) is 1. The van der Waals surface area contributed by atoms with Crippen molar-refractivity contribution >= 4 is 15.9 Å². The van der Waals surface area contributed by atoms with E-state index in [9.17, 15) is 13.2 Å². The van der Waals surface area contributed by atoms with Crippen molar-refractivity contribution in [1.29, 1.82) is 0 Å². The van der Waals surface area contributed by atoms with Gasteiger partial charge in [0.25, 0.3) is 5.91 Å². The summed E-state index contributed by atoms with van der Waals surface area (Å²) >= 11 is 0. The van der Waals surface area contributed by atoms with Crippen LogP contribution in [0.5, 0.6) is 5.75 Å². The first-order valence-electron chi connectivity index (χ1n) is 7.22. The van der Waals surface area contributed by atoms with Gasteiger partial charge in [-0.05, 0) is 57.9 Å². The standard InChI is InChI=1S/C15H22N2O4S/c1-15(2,3)17-22(19,20)13-8-6-12(7-9-13)21-10-14(18)16-11-4-5-11/h6-9,11,17H,4-5,10H2,1-3H3,(H,16,18). The first-order valence-corrected chi connectivity index (χ1v) is 8.70. The molecule has 1 aromatic carbocycles. The minimum absolute atomic E-state index is 0.0666. The number of rotatable bonds is 6. The van der Waals surface area contributed by atoms with E-state index in [2.05, 4.69) is 10.0 Å². The van der Waals surface area contributed by atoms with Gasteiger partial charge in [0.2, 0.25) is 10.0 Å². The second-order valence-corrected chi connectivity index (χ2v) is 8.14. The van der Waals surface area contributed by atoms with Crippen LogP contribution in [0.25, 0.3) is 0 Å². The molecular weight excluding hydrogens is 304 g/mol. The number of nitrogens with one attached hydrogen (secondary N) is 2. The molecule has 1 aliphatic carbocycles. The maximum Gasteiger partial charge on any atom is 0.258 e. The van der Waals surface area contributed by atoms with Crippen molar-refractivity contribution in [2.45, 2.75) is 50.1 Å². The molecule has 0 bridgehead atoms. The average molecular weight is 326 g/mol. The highest BCUT2D eigenvalue weighted by molar-refractivity contribution is 7.89. The molecule has 1 aromatic rings. The Balaban J connectivity index is 1.93. The van der Waals surface area contributed by atoms with Crippen molar-refractivity contribution in [3.05, 3.63) is 24.3 Å². The van der Waals surface area contributed by atoms with Crippen LogP contribution in [0.2, 0.25) is 0 Å². The van der Waals surface area contributed by atoms with Crippen molar-refractivity contribution in [1.82, 2.24) is 10.0 Å². The third-order valence-electron chi connectivity index (χ3n) is 2.89. The molecule has 0 unspecified atom stereocenters. The maximum absolute atomic E-state index is 12.1. The zero-order valence-corrected chi connectivity index (χ0v) is 13.9. The van der Waals surface area contributed by atoms with Crippen LogP contribution >= 0.6 is 0 Å². The van der Waals surface area contributed by atoms with E-state index in [0.29, 0.717) is 11.8 Å². The topological polar surface area (TPSA) is 84.5 Å². The van der Waals surface area contributed by atoms with E-state index in [0.717, 1.165) is 12.8 Å². The Morgan fingerprint density at radius 1 is 1.23 bits per heavy atom. The molecule has 0 radical (unpaired) electrons. The lowest BCUT2D eigenvalue weighted by Crippen LogP contribution is -2.40. The Morgan fingerprint density at radius 2 is 1.82 bits per heavy atom. The number of carbonyl (C=O) groups excluding carboxylic acids is 1. The van der Waals surface area contributed by atoms with Crippen molar-refractivity contribution in [3.8, 4) is 5.75 Å². The van der Waals surface area contributed by atoms with Crippen LogP contribution in [0.15, 0.2) is 29.2 Å². The van der Waals surface area contributed by atoms with Crippen LogP contribution < -0.4 is 14.8 Å². The first-order chi connectivity index (χ1) is 10.2. The van der Waals surface area contributed by atoms with Crippen LogP contribution in [-0.4, -0.2) is 32.5 Å². The van der Waals surface area contributed by atoms with E-state index in [1.807, 2.05) is 0 Å². The van der Waals surface area contributed by atoms with Gasteiger partial charge in [0.15, 0.2) is 6.61 Å². The minimum Gasteiger partial charge on any atom is -0.484 e. The Labute approximate surface area is 131 Å². The molecule has 0 spiro atoms. The summed E-state index contributed by atoms with van der Waals surface area (Å²) in [6.45, 7) is 5.27. The van der Waals surface area contributed by atoms with E-state index in [-0.39, 0.29) is 17.4 Å². The average Bonchev–Trinajstić information content (AvgIpc) is 3.18. The fourth-order valence-corrected chi connectivity index (χ4v) is 3.24. The molecule has 1 amide bonds. The van der Waals surface area contributed by atoms with Crippen molar-refractivity contribution in [2.24, 2.45) is 0 Å². The van der Waals surface area contributed by atoms with Crippen LogP contribution in [-0.2, 0) is 14.8 Å². The number of hydrogen-bond acceptors (Lipinski definition) is 4. The normalized spacial score (nSPS) is 15.4. The summed E-state index contributed by atoms with van der Waals surface area (Å²) < 4.78 is 32.2. The zero-order valence-electron chi connectivity index (χ0n) is 13.0. The Morgan fingerprint density at radius 3 is 2.32 bits per heavy atom. The molecule has 2 N–H and O–H groups in total. The molecule has 7 heteroatoms. The molecule has 1 aliphatic rings. The summed E-state index contributed by atoms with van der Waals surface area (Å²) in [7, 11) is -3.56. The number of amides is 1. The molecule has 0 saturated heterocycles. The fourth-order valence-electron chi connectivity index (χ4n) is 1.82. The minimum atomic E-state index is -3.56. The highest BCUT2D eigenvalue weighted by Crippen LogP contribution is 2.19. The van der Waals surface area contributed by atoms with Gasteiger partial charge in [-0.1, -0.05) is 0 Å². The second kappa shape index (κ2) is 6.26. The molecule has 122 valence electrons. The van der Waals surface area contributed by atoms with Gasteiger partial charge in [-0.15, -0.1) is 0 Å². The fraction of sp³-hybridized carbons (Fsp3) is 0.533. The smallest absolute Gasteiger partial charge is 0.258 e. The molecule has 1 fully saturated rings. The summed E-state index contributed by atoms with van der Waals surface area (Å²) in [5, 5.41) is 2.82. The van der Waals surface area contributed by atoms with Gasteiger partial charge in [-0.2, -0.15) is 0 Å². The molecular formula is C15H22N2O4S. The summed E-state index contributed by atoms with van der Waals surface area (Å²) in [6.07, 6.45) is 2.05. The van der Waals surface area contributed by atoms with E-state index in [1.165, 1.54) is 12.1 Å². The Bertz CT molecular complexity index is 629. The maximum atomic E-state index is 12.1. The largest absolute Gasteiger partial charge is 0.484 e. The molecule has 0 aromatic heterocycles. The van der Waals surface area contributed by atoms with Gasteiger partial charge in [-0.25, -0.2) is 13.1 Å². The third-order valence-corrected chi connectivity index (χ3v) is 4.66. The number of carbonyl (C=O) groups is 1. The van der Waals surface area contributed by atoms with Gasteiger partial charge in [-0.3, -0.25) is 4.79 Å². The summed E-state index contributed by atoms with van der Waals surface area (Å²) in [6, 6.07) is 6.31. The van der Waals surface area contributed by atoms with Gasteiger partial charge in [0, 0.05) is 11.6 Å². The van der Waals surface area contributed by atoms with E-state index in [1.54, 1.807) is 32.9 Å². The van der Waals surface area contributed by atoms with Crippen LogP contribution in [0, 0.1) is 0 Å². The quantitative estimate of drug-likeness (QED) is 0.828. The Hall–Kier alpha value is -1.60. The van der Waals surface area contributed by atoms with Crippen LogP contribution in [0.1, 0.15) is 33.6 Å². The molecule has 1 saturated carbocycles. The summed E-state index contributed by atoms with van der Waals surface area (Å²) in [5.41, 5.74) is -0.547.